The van der Waals surface area contributed by atoms with E-state index < -0.39 is 0 Å². The van der Waals surface area contributed by atoms with Crippen LogP contribution in [-0.2, 0) is 20.1 Å². The van der Waals surface area contributed by atoms with Gasteiger partial charge in [0.15, 0.2) is 11.8 Å². The molecule has 0 amide bonds. The normalized spacial score (nSPS) is 13.5. The van der Waals surface area contributed by atoms with Gasteiger partial charge in [-0.1, -0.05) is 49.4 Å². The first-order chi connectivity index (χ1) is 15.0. The number of ether oxygens (including phenoxy) is 1. The van der Waals surface area contributed by atoms with Crippen molar-refractivity contribution in [2.45, 2.75) is 45.8 Å². The minimum atomic E-state index is 0.186. The van der Waals surface area contributed by atoms with Gasteiger partial charge in [0, 0.05) is 19.0 Å². The molecule has 7 heteroatoms. The number of aliphatic imine (C=N–C) groups is 1. The Hall–Kier alpha value is -3.35. The molecule has 2 aromatic carbocycles. The number of guanidine groups is 1. The average molecular weight is 421 g/mol. The first-order valence-electron chi connectivity index (χ1n) is 10.6. The van der Waals surface area contributed by atoms with E-state index in [1.54, 1.807) is 7.11 Å². The van der Waals surface area contributed by atoms with Crippen LogP contribution in [0, 0.1) is 6.92 Å². The Morgan fingerprint density at radius 2 is 1.77 bits per heavy atom. The molecular weight excluding hydrogens is 388 g/mol. The summed E-state index contributed by atoms with van der Waals surface area (Å²) in [4.78, 5) is 4.81. The number of nitrogens with zero attached hydrogens (tertiary/aromatic N) is 4. The summed E-state index contributed by atoms with van der Waals surface area (Å²) in [5, 5.41) is 15.3. The molecule has 0 aliphatic rings. The van der Waals surface area contributed by atoms with E-state index in [2.05, 4.69) is 58.9 Å². The quantitative estimate of drug-likeness (QED) is 0.430. The maximum absolute atomic E-state index is 5.24. The molecule has 7 nitrogen and oxygen atoms in total. The van der Waals surface area contributed by atoms with Gasteiger partial charge in [-0.15, -0.1) is 10.2 Å². The lowest BCUT2D eigenvalue weighted by Gasteiger charge is -2.24. The number of aromatic nitrogens is 3. The molecule has 0 saturated heterocycles. The zero-order valence-corrected chi connectivity index (χ0v) is 19.0. The van der Waals surface area contributed by atoms with Crippen molar-refractivity contribution in [1.82, 2.24) is 25.4 Å². The molecule has 3 rings (SSSR count). The topological polar surface area (TPSA) is 76.4 Å². The largest absolute Gasteiger partial charge is 0.497 e. The van der Waals surface area contributed by atoms with Gasteiger partial charge < -0.3 is 19.9 Å². The molecular formula is C24H32N6O. The van der Waals surface area contributed by atoms with Crippen LogP contribution in [0.4, 0.5) is 0 Å². The van der Waals surface area contributed by atoms with E-state index in [1.165, 1.54) is 5.56 Å². The van der Waals surface area contributed by atoms with Crippen LogP contribution in [0.2, 0.25) is 0 Å². The molecule has 1 aromatic heterocycles. The summed E-state index contributed by atoms with van der Waals surface area (Å²) in [6.45, 7) is 7.44. The third kappa shape index (κ3) is 6.07. The summed E-state index contributed by atoms with van der Waals surface area (Å²) >= 11 is 0. The highest BCUT2D eigenvalue weighted by molar-refractivity contribution is 5.80. The van der Waals surface area contributed by atoms with Gasteiger partial charge in [-0.25, -0.2) is 4.99 Å². The molecule has 1 heterocycles. The highest BCUT2D eigenvalue weighted by Gasteiger charge is 2.16. The lowest BCUT2D eigenvalue weighted by atomic mass is 9.94. The summed E-state index contributed by atoms with van der Waals surface area (Å²) in [6.07, 6.45) is 0. The predicted octanol–water partition coefficient (Wildman–Crippen LogP) is 3.56. The number of rotatable bonds is 8. The van der Waals surface area contributed by atoms with Gasteiger partial charge in [-0.2, -0.15) is 0 Å². The van der Waals surface area contributed by atoms with Gasteiger partial charge in [-0.05, 0) is 37.1 Å². The molecule has 164 valence electrons. The van der Waals surface area contributed by atoms with Crippen molar-refractivity contribution in [3.8, 4) is 5.75 Å². The third-order valence-corrected chi connectivity index (χ3v) is 5.62. The molecule has 0 bridgehead atoms. The molecule has 2 unspecified atom stereocenters. The van der Waals surface area contributed by atoms with Crippen LogP contribution in [0.15, 0.2) is 59.6 Å². The minimum Gasteiger partial charge on any atom is -0.497 e. The Bertz CT molecular complexity index is 981. The van der Waals surface area contributed by atoms with Gasteiger partial charge in [0.1, 0.15) is 11.6 Å². The Kier molecular flexibility index (Phi) is 7.65. The molecule has 0 radical (unpaired) electrons. The van der Waals surface area contributed by atoms with Gasteiger partial charge in [0.25, 0.3) is 0 Å². The SMILES string of the molecule is COc1ccc(CN=C(NCc2nnc(C)n2C)NC(C)C(C)c2ccccc2)cc1. The summed E-state index contributed by atoms with van der Waals surface area (Å²) in [5.41, 5.74) is 2.40. The average Bonchev–Trinajstić information content (AvgIpc) is 3.13. The molecule has 0 fully saturated rings. The minimum absolute atomic E-state index is 0.186. The van der Waals surface area contributed by atoms with E-state index in [0.29, 0.717) is 19.0 Å². The van der Waals surface area contributed by atoms with Crippen molar-refractivity contribution in [1.29, 1.82) is 0 Å². The van der Waals surface area contributed by atoms with Gasteiger partial charge in [-0.3, -0.25) is 0 Å². The zero-order chi connectivity index (χ0) is 22.2. The van der Waals surface area contributed by atoms with Gasteiger partial charge in [0.2, 0.25) is 0 Å². The fraction of sp³-hybridized carbons (Fsp3) is 0.375. The van der Waals surface area contributed by atoms with Crippen LogP contribution in [0.1, 0.15) is 42.5 Å². The smallest absolute Gasteiger partial charge is 0.192 e. The Morgan fingerprint density at radius 1 is 1.06 bits per heavy atom. The van der Waals surface area contributed by atoms with E-state index in [0.717, 1.165) is 28.9 Å². The fourth-order valence-electron chi connectivity index (χ4n) is 3.21. The molecule has 0 aliphatic heterocycles. The lowest BCUT2D eigenvalue weighted by molar-refractivity contribution is 0.414. The molecule has 0 aliphatic carbocycles. The van der Waals surface area contributed by atoms with Crippen molar-refractivity contribution in [3.05, 3.63) is 77.4 Å². The molecule has 0 saturated carbocycles. The Balaban J connectivity index is 1.72. The van der Waals surface area contributed by atoms with E-state index >= 15 is 0 Å². The molecule has 2 atom stereocenters. The number of methoxy groups -OCH3 is 1. The number of nitrogens with one attached hydrogen (secondary N) is 2. The maximum Gasteiger partial charge on any atom is 0.192 e. The van der Waals surface area contributed by atoms with Crippen molar-refractivity contribution >= 4 is 5.96 Å². The van der Waals surface area contributed by atoms with Crippen LogP contribution in [0.3, 0.4) is 0 Å². The van der Waals surface area contributed by atoms with Gasteiger partial charge >= 0.3 is 0 Å². The lowest BCUT2D eigenvalue weighted by Crippen LogP contribution is -2.44. The zero-order valence-electron chi connectivity index (χ0n) is 19.0. The van der Waals surface area contributed by atoms with Crippen LogP contribution in [0.25, 0.3) is 0 Å². The maximum atomic E-state index is 5.24. The number of hydrogen-bond donors (Lipinski definition) is 2. The fourth-order valence-corrected chi connectivity index (χ4v) is 3.21. The molecule has 3 aromatic rings. The Morgan fingerprint density at radius 3 is 2.39 bits per heavy atom. The van der Waals surface area contributed by atoms with Crippen molar-refractivity contribution in [3.63, 3.8) is 0 Å². The third-order valence-electron chi connectivity index (χ3n) is 5.62. The summed E-state index contributed by atoms with van der Waals surface area (Å²) in [5.74, 6) is 3.65. The highest BCUT2D eigenvalue weighted by atomic mass is 16.5. The van der Waals surface area contributed by atoms with E-state index in [9.17, 15) is 0 Å². The van der Waals surface area contributed by atoms with E-state index in [4.69, 9.17) is 9.73 Å². The molecule has 31 heavy (non-hydrogen) atoms. The number of benzene rings is 2. The monoisotopic (exact) mass is 420 g/mol. The first kappa shape index (κ1) is 22.3. The second kappa shape index (κ2) is 10.6. The van der Waals surface area contributed by atoms with Crippen LogP contribution in [-0.4, -0.2) is 33.9 Å². The van der Waals surface area contributed by atoms with E-state index in [-0.39, 0.29) is 6.04 Å². The van der Waals surface area contributed by atoms with Gasteiger partial charge in [0.05, 0.1) is 20.2 Å². The van der Waals surface area contributed by atoms with E-state index in [1.807, 2.05) is 48.9 Å². The Labute approximate surface area is 184 Å². The summed E-state index contributed by atoms with van der Waals surface area (Å²) in [6, 6.07) is 18.7. The van der Waals surface area contributed by atoms with Crippen LogP contribution < -0.4 is 15.4 Å². The predicted molar refractivity (Wildman–Crippen MR) is 124 cm³/mol. The van der Waals surface area contributed by atoms with Crippen LogP contribution >= 0.6 is 0 Å². The summed E-state index contributed by atoms with van der Waals surface area (Å²) < 4.78 is 7.22. The molecule has 2 N–H and O–H groups in total. The first-order valence-corrected chi connectivity index (χ1v) is 10.6. The highest BCUT2D eigenvalue weighted by Crippen LogP contribution is 2.18. The summed E-state index contributed by atoms with van der Waals surface area (Å²) in [7, 11) is 3.64. The van der Waals surface area contributed by atoms with Crippen molar-refractivity contribution in [2.24, 2.45) is 12.0 Å². The van der Waals surface area contributed by atoms with Crippen molar-refractivity contribution < 1.29 is 4.74 Å². The second-order valence-electron chi connectivity index (χ2n) is 7.72. The molecule has 0 spiro atoms. The van der Waals surface area contributed by atoms with Crippen molar-refractivity contribution in [2.75, 3.05) is 7.11 Å². The number of aryl methyl sites for hydroxylation is 1. The number of hydrogen-bond acceptors (Lipinski definition) is 4. The van der Waals surface area contributed by atoms with Crippen LogP contribution in [0.5, 0.6) is 5.75 Å². The second-order valence-corrected chi connectivity index (χ2v) is 7.72. The standard InChI is InChI=1S/C24H32N6O/c1-17(21-9-7-6-8-10-21)18(2)27-24(26-16-23-29-28-19(3)30(23)4)25-15-20-11-13-22(31-5)14-12-20/h6-14,17-18H,15-16H2,1-5H3,(H2,25,26,27).